The number of nitrogens with zero attached hydrogens (tertiary/aromatic N) is 4. The number of pyridine rings is 1. The van der Waals surface area contributed by atoms with Crippen LogP contribution in [0.25, 0.3) is 11.0 Å². The summed E-state index contributed by atoms with van der Waals surface area (Å²) in [4.78, 5) is 37.3. The summed E-state index contributed by atoms with van der Waals surface area (Å²) in [6.45, 7) is 1.01. The molecule has 2 amide bonds. The zero-order chi connectivity index (χ0) is 24.7. The Kier molecular flexibility index (Phi) is 7.36. The third kappa shape index (κ3) is 5.46. The van der Waals surface area contributed by atoms with Crippen molar-refractivity contribution < 1.29 is 9.59 Å². The third-order valence-electron chi connectivity index (χ3n) is 6.91. The van der Waals surface area contributed by atoms with Crippen LogP contribution in [-0.2, 0) is 24.4 Å². The topological polar surface area (TPSA) is 80.1 Å². The van der Waals surface area contributed by atoms with Gasteiger partial charge in [0, 0.05) is 30.5 Å². The summed E-state index contributed by atoms with van der Waals surface area (Å²) in [5.74, 6) is 0.543. The van der Waals surface area contributed by atoms with Gasteiger partial charge in [-0.25, -0.2) is 4.98 Å². The molecule has 7 heteroatoms. The van der Waals surface area contributed by atoms with Crippen molar-refractivity contribution >= 4 is 22.8 Å². The molecular formula is C29H31N5O2. The van der Waals surface area contributed by atoms with Crippen LogP contribution in [0.15, 0.2) is 79.1 Å². The average molecular weight is 482 g/mol. The molecule has 0 unspecified atom stereocenters. The molecule has 184 valence electrons. The second kappa shape index (κ2) is 11.2. The smallest absolute Gasteiger partial charge is 0.251 e. The van der Waals surface area contributed by atoms with E-state index in [1.807, 2.05) is 47.0 Å². The standard InChI is InChI=1S/C29H31N5O2/c35-28(33(24-11-5-2-6-12-24)20-22-9-3-1-4-10-22)21-34-26-14-8-7-13-25(26)32-27(34)19-31-29(36)23-15-17-30-18-16-23/h1,3-4,7-10,13-18,24H,2,5-6,11-12,19-21H2,(H,31,36). The Balaban J connectivity index is 1.39. The number of para-hydroxylation sites is 2. The maximum Gasteiger partial charge on any atom is 0.251 e. The molecule has 7 nitrogen and oxygen atoms in total. The summed E-state index contributed by atoms with van der Waals surface area (Å²) in [5, 5.41) is 2.95. The maximum atomic E-state index is 13.9. The van der Waals surface area contributed by atoms with Gasteiger partial charge in [-0.15, -0.1) is 0 Å². The molecule has 2 aromatic heterocycles. The van der Waals surface area contributed by atoms with Gasteiger partial charge in [0.1, 0.15) is 12.4 Å². The van der Waals surface area contributed by atoms with E-state index < -0.39 is 0 Å². The van der Waals surface area contributed by atoms with E-state index in [1.165, 1.54) is 6.42 Å². The predicted molar refractivity (Wildman–Crippen MR) is 139 cm³/mol. The lowest BCUT2D eigenvalue weighted by molar-refractivity contribution is -0.135. The molecule has 0 aliphatic heterocycles. The van der Waals surface area contributed by atoms with Crippen LogP contribution in [0.3, 0.4) is 0 Å². The minimum atomic E-state index is -0.199. The summed E-state index contributed by atoms with van der Waals surface area (Å²) in [6, 6.07) is 21.6. The zero-order valence-corrected chi connectivity index (χ0v) is 20.3. The molecule has 1 N–H and O–H groups in total. The minimum absolute atomic E-state index is 0.0793. The highest BCUT2D eigenvalue weighted by molar-refractivity contribution is 5.94. The van der Waals surface area contributed by atoms with Gasteiger partial charge in [-0.05, 0) is 42.7 Å². The number of imidazole rings is 1. The summed E-state index contributed by atoms with van der Waals surface area (Å²) in [6.07, 6.45) is 8.81. The van der Waals surface area contributed by atoms with Crippen LogP contribution in [0, 0.1) is 0 Å². The van der Waals surface area contributed by atoms with Gasteiger partial charge in [0.2, 0.25) is 5.91 Å². The molecule has 36 heavy (non-hydrogen) atoms. The Morgan fingerprint density at radius 1 is 0.917 bits per heavy atom. The number of carbonyl (C=O) groups excluding carboxylic acids is 2. The van der Waals surface area contributed by atoms with Crippen LogP contribution in [0.4, 0.5) is 0 Å². The van der Waals surface area contributed by atoms with E-state index in [0.717, 1.165) is 42.3 Å². The molecule has 1 fully saturated rings. The van der Waals surface area contributed by atoms with Crippen molar-refractivity contribution in [2.45, 2.75) is 57.8 Å². The quantitative estimate of drug-likeness (QED) is 0.395. The lowest BCUT2D eigenvalue weighted by atomic mass is 9.93. The van der Waals surface area contributed by atoms with Crippen molar-refractivity contribution in [1.82, 2.24) is 24.8 Å². The van der Waals surface area contributed by atoms with Gasteiger partial charge in [0.15, 0.2) is 0 Å². The van der Waals surface area contributed by atoms with Gasteiger partial charge in [-0.1, -0.05) is 61.7 Å². The number of nitrogens with one attached hydrogen (secondary N) is 1. The normalized spacial score (nSPS) is 14.0. The second-order valence-corrected chi connectivity index (χ2v) is 9.32. The van der Waals surface area contributed by atoms with Gasteiger partial charge in [-0.2, -0.15) is 0 Å². The average Bonchev–Trinajstić information content (AvgIpc) is 3.29. The van der Waals surface area contributed by atoms with E-state index in [2.05, 4.69) is 27.3 Å². The fourth-order valence-corrected chi connectivity index (χ4v) is 5.02. The number of benzene rings is 2. The summed E-state index contributed by atoms with van der Waals surface area (Å²) in [5.41, 5.74) is 3.37. The van der Waals surface area contributed by atoms with Gasteiger partial charge in [-0.3, -0.25) is 14.6 Å². The third-order valence-corrected chi connectivity index (χ3v) is 6.91. The summed E-state index contributed by atoms with van der Waals surface area (Å²) < 4.78 is 1.95. The van der Waals surface area contributed by atoms with Crippen LogP contribution >= 0.6 is 0 Å². The first-order chi connectivity index (χ1) is 17.7. The molecule has 0 bridgehead atoms. The molecule has 4 aromatic rings. The van der Waals surface area contributed by atoms with Crippen molar-refractivity contribution in [3.63, 3.8) is 0 Å². The van der Waals surface area contributed by atoms with Crippen LogP contribution in [-0.4, -0.2) is 37.3 Å². The first-order valence-electron chi connectivity index (χ1n) is 12.6. The Bertz CT molecular complexity index is 1310. The van der Waals surface area contributed by atoms with E-state index in [9.17, 15) is 9.59 Å². The van der Waals surface area contributed by atoms with Crippen molar-refractivity contribution in [2.24, 2.45) is 0 Å². The van der Waals surface area contributed by atoms with Crippen molar-refractivity contribution in [3.05, 3.63) is 96.1 Å². The van der Waals surface area contributed by atoms with Crippen molar-refractivity contribution in [1.29, 1.82) is 0 Å². The fourth-order valence-electron chi connectivity index (χ4n) is 5.02. The number of aromatic nitrogens is 3. The molecular weight excluding hydrogens is 450 g/mol. The van der Waals surface area contributed by atoms with Crippen LogP contribution in [0.1, 0.15) is 53.8 Å². The molecule has 0 atom stereocenters. The van der Waals surface area contributed by atoms with Gasteiger partial charge in [0.05, 0.1) is 17.6 Å². The van der Waals surface area contributed by atoms with Gasteiger partial charge < -0.3 is 14.8 Å². The first kappa shape index (κ1) is 23.7. The Hall–Kier alpha value is -4.00. The summed E-state index contributed by atoms with van der Waals surface area (Å²) in [7, 11) is 0. The van der Waals surface area contributed by atoms with Crippen molar-refractivity contribution in [3.8, 4) is 0 Å². The molecule has 1 aliphatic rings. The Morgan fingerprint density at radius 3 is 2.42 bits per heavy atom. The highest BCUT2D eigenvalue weighted by Crippen LogP contribution is 2.25. The number of fused-ring (bicyclic) bond motifs is 1. The number of hydrogen-bond acceptors (Lipinski definition) is 4. The highest BCUT2D eigenvalue weighted by Gasteiger charge is 2.27. The number of hydrogen-bond donors (Lipinski definition) is 1. The van der Waals surface area contributed by atoms with E-state index in [-0.39, 0.29) is 30.9 Å². The second-order valence-electron chi connectivity index (χ2n) is 9.32. The van der Waals surface area contributed by atoms with Gasteiger partial charge >= 0.3 is 0 Å². The van der Waals surface area contributed by atoms with E-state index in [1.54, 1.807) is 24.5 Å². The van der Waals surface area contributed by atoms with Gasteiger partial charge in [0.25, 0.3) is 5.91 Å². The molecule has 1 saturated carbocycles. The Labute approximate surface area is 211 Å². The van der Waals surface area contributed by atoms with Crippen LogP contribution in [0.5, 0.6) is 0 Å². The summed E-state index contributed by atoms with van der Waals surface area (Å²) >= 11 is 0. The molecule has 2 aromatic carbocycles. The predicted octanol–water partition coefficient (Wildman–Crippen LogP) is 4.72. The molecule has 0 spiro atoms. The van der Waals surface area contributed by atoms with Crippen LogP contribution < -0.4 is 5.32 Å². The van der Waals surface area contributed by atoms with Crippen molar-refractivity contribution in [2.75, 3.05) is 0 Å². The zero-order valence-electron chi connectivity index (χ0n) is 20.3. The lowest BCUT2D eigenvalue weighted by Crippen LogP contribution is -2.42. The Morgan fingerprint density at radius 2 is 1.64 bits per heavy atom. The molecule has 2 heterocycles. The first-order valence-corrected chi connectivity index (χ1v) is 12.6. The largest absolute Gasteiger partial charge is 0.345 e. The molecule has 0 radical (unpaired) electrons. The highest BCUT2D eigenvalue weighted by atomic mass is 16.2. The maximum absolute atomic E-state index is 13.9. The number of rotatable bonds is 8. The van der Waals surface area contributed by atoms with E-state index >= 15 is 0 Å². The molecule has 5 rings (SSSR count). The number of carbonyl (C=O) groups is 2. The van der Waals surface area contributed by atoms with E-state index in [0.29, 0.717) is 17.9 Å². The SMILES string of the molecule is O=C(NCc1nc2ccccc2n1CC(=O)N(Cc1ccccc1)C1CCCCC1)c1ccncc1. The van der Waals surface area contributed by atoms with E-state index in [4.69, 9.17) is 4.98 Å². The number of amides is 2. The molecule has 0 saturated heterocycles. The lowest BCUT2D eigenvalue weighted by Gasteiger charge is -2.35. The minimum Gasteiger partial charge on any atom is -0.345 e. The van der Waals surface area contributed by atoms with Crippen LogP contribution in [0.2, 0.25) is 0 Å². The molecule has 1 aliphatic carbocycles. The fraction of sp³-hybridized carbons (Fsp3) is 0.310. The monoisotopic (exact) mass is 481 g/mol.